The van der Waals surface area contributed by atoms with Gasteiger partial charge in [-0.2, -0.15) is 0 Å². The van der Waals surface area contributed by atoms with Gasteiger partial charge in [0.2, 0.25) is 15.9 Å². The molecule has 0 saturated carbocycles. The molecule has 152 valence electrons. The quantitative estimate of drug-likeness (QED) is 0.760. The fourth-order valence-corrected chi connectivity index (χ4v) is 4.46. The second-order valence-corrected chi connectivity index (χ2v) is 9.26. The van der Waals surface area contributed by atoms with Gasteiger partial charge in [-0.1, -0.05) is 37.3 Å². The van der Waals surface area contributed by atoms with Gasteiger partial charge in [0.15, 0.2) is 0 Å². The molecule has 1 amide bonds. The smallest absolute Gasteiger partial charge is 0.244 e. The molecule has 2 rings (SSSR count). The summed E-state index contributed by atoms with van der Waals surface area (Å²) in [6.07, 6.45) is 1.50. The van der Waals surface area contributed by atoms with Gasteiger partial charge in [-0.05, 0) is 68.5 Å². The maximum absolute atomic E-state index is 13.0. The number of hydrogen-bond acceptors (Lipinski definition) is 3. The number of carbonyl (C=O) groups excluding carboxylic acids is 1. The van der Waals surface area contributed by atoms with Gasteiger partial charge in [-0.15, -0.1) is 0 Å². The molecule has 2 aromatic carbocycles. The van der Waals surface area contributed by atoms with E-state index in [-0.39, 0.29) is 11.9 Å². The predicted octanol–water partition coefficient (Wildman–Crippen LogP) is 4.03. The molecule has 0 unspecified atom stereocenters. The van der Waals surface area contributed by atoms with Crippen molar-refractivity contribution in [3.05, 3.63) is 64.7 Å². The summed E-state index contributed by atoms with van der Waals surface area (Å²) in [7, 11) is -3.63. The Bertz CT molecular complexity index is 954. The van der Waals surface area contributed by atoms with Gasteiger partial charge in [-0.3, -0.25) is 9.10 Å². The average Bonchev–Trinajstić information content (AvgIpc) is 2.60. The van der Waals surface area contributed by atoms with Crippen LogP contribution in [0.25, 0.3) is 0 Å². The summed E-state index contributed by atoms with van der Waals surface area (Å²) >= 11 is 0. The number of hydrogen-bond donors (Lipinski definition) is 1. The van der Waals surface area contributed by atoms with Crippen molar-refractivity contribution < 1.29 is 13.2 Å². The van der Waals surface area contributed by atoms with Crippen LogP contribution in [0.15, 0.2) is 42.5 Å². The zero-order chi connectivity index (χ0) is 21.1. The molecule has 28 heavy (non-hydrogen) atoms. The lowest BCUT2D eigenvalue weighted by Crippen LogP contribution is -2.49. The molecule has 0 aromatic heterocycles. The number of aryl methyl sites for hydroxylation is 3. The molecule has 6 heteroatoms. The first-order valence-corrected chi connectivity index (χ1v) is 11.3. The lowest BCUT2D eigenvalue weighted by molar-refractivity contribution is -0.122. The molecule has 5 nitrogen and oxygen atoms in total. The monoisotopic (exact) mass is 402 g/mol. The second-order valence-electron chi connectivity index (χ2n) is 7.40. The second kappa shape index (κ2) is 8.78. The minimum absolute atomic E-state index is 0.222. The zero-order valence-electron chi connectivity index (χ0n) is 17.5. The van der Waals surface area contributed by atoms with Crippen LogP contribution in [0, 0.1) is 20.8 Å². The number of benzene rings is 2. The number of anilines is 1. The van der Waals surface area contributed by atoms with Gasteiger partial charge >= 0.3 is 0 Å². The van der Waals surface area contributed by atoms with E-state index in [9.17, 15) is 13.2 Å². The topological polar surface area (TPSA) is 66.5 Å². The summed E-state index contributed by atoms with van der Waals surface area (Å²) in [6.45, 7) is 9.70. The molecule has 0 fully saturated rings. The summed E-state index contributed by atoms with van der Waals surface area (Å²) in [5.74, 6) is -0.305. The molecular formula is C22H30N2O3S. The number of sulfonamides is 1. The van der Waals surface area contributed by atoms with E-state index in [1.807, 2.05) is 52.8 Å². The first-order valence-electron chi connectivity index (χ1n) is 9.48. The number of nitrogens with zero attached hydrogens (tertiary/aromatic N) is 1. The summed E-state index contributed by atoms with van der Waals surface area (Å²) in [5.41, 5.74) is 4.78. The van der Waals surface area contributed by atoms with E-state index in [0.717, 1.165) is 22.9 Å². The standard InChI is InChI=1S/C22H30N2O3S/c1-7-21(24(28(6,26)27)20-10-8-9-15(2)13-20)22(25)23-18(5)19-12-11-16(3)17(4)14-19/h8-14,18,21H,7H2,1-6H3,(H,23,25)/t18-,21+/m0/s1. The first kappa shape index (κ1) is 22.0. The van der Waals surface area contributed by atoms with E-state index in [4.69, 9.17) is 0 Å². The lowest BCUT2D eigenvalue weighted by atomic mass is 10.0. The van der Waals surface area contributed by atoms with E-state index >= 15 is 0 Å². The van der Waals surface area contributed by atoms with Crippen molar-refractivity contribution in [1.82, 2.24) is 5.32 Å². The lowest BCUT2D eigenvalue weighted by Gasteiger charge is -2.31. The third-order valence-corrected chi connectivity index (χ3v) is 6.16. The van der Waals surface area contributed by atoms with Gasteiger partial charge in [-0.25, -0.2) is 8.42 Å². The molecule has 2 aromatic rings. The Labute approximate surface area is 168 Å². The molecule has 1 N–H and O–H groups in total. The average molecular weight is 403 g/mol. The Morgan fingerprint density at radius 2 is 1.75 bits per heavy atom. The van der Waals surface area contributed by atoms with Crippen LogP contribution in [0.2, 0.25) is 0 Å². The minimum atomic E-state index is -3.63. The van der Waals surface area contributed by atoms with Crippen molar-refractivity contribution >= 4 is 21.6 Å². The fraction of sp³-hybridized carbons (Fsp3) is 0.409. The summed E-state index contributed by atoms with van der Waals surface area (Å²) < 4.78 is 26.3. The van der Waals surface area contributed by atoms with Gasteiger partial charge < -0.3 is 5.32 Å². The maximum Gasteiger partial charge on any atom is 0.244 e. The maximum atomic E-state index is 13.0. The van der Waals surface area contributed by atoms with Crippen LogP contribution in [-0.2, 0) is 14.8 Å². The van der Waals surface area contributed by atoms with E-state index in [1.54, 1.807) is 18.2 Å². The molecule has 2 atom stereocenters. The van der Waals surface area contributed by atoms with Crippen molar-refractivity contribution in [3.63, 3.8) is 0 Å². The van der Waals surface area contributed by atoms with E-state index in [1.165, 1.54) is 9.87 Å². The summed E-state index contributed by atoms with van der Waals surface area (Å²) in [5, 5.41) is 2.99. The van der Waals surface area contributed by atoms with Crippen LogP contribution in [0.1, 0.15) is 48.6 Å². The largest absolute Gasteiger partial charge is 0.348 e. The SMILES string of the molecule is CC[C@H](C(=O)N[C@@H](C)c1ccc(C)c(C)c1)N(c1cccc(C)c1)S(C)(=O)=O. The summed E-state index contributed by atoms with van der Waals surface area (Å²) in [4.78, 5) is 13.0. The number of rotatable bonds is 7. The van der Waals surface area contributed by atoms with Crippen molar-refractivity contribution in [1.29, 1.82) is 0 Å². The molecule has 0 spiro atoms. The van der Waals surface area contributed by atoms with Gasteiger partial charge in [0, 0.05) is 0 Å². The fourth-order valence-electron chi connectivity index (χ4n) is 3.25. The van der Waals surface area contributed by atoms with Crippen molar-refractivity contribution in [3.8, 4) is 0 Å². The molecule has 0 aliphatic rings. The normalized spacial score (nSPS) is 13.6. The predicted molar refractivity (Wildman–Crippen MR) is 115 cm³/mol. The number of carbonyl (C=O) groups is 1. The van der Waals surface area contributed by atoms with Crippen LogP contribution in [-0.4, -0.2) is 26.6 Å². The Kier molecular flexibility index (Phi) is 6.88. The number of amides is 1. The molecule has 0 aliphatic heterocycles. The van der Waals surface area contributed by atoms with Crippen LogP contribution in [0.3, 0.4) is 0 Å². The third kappa shape index (κ3) is 5.13. The van der Waals surface area contributed by atoms with Crippen LogP contribution >= 0.6 is 0 Å². The van der Waals surface area contributed by atoms with Crippen molar-refractivity contribution in [2.45, 2.75) is 53.1 Å². The van der Waals surface area contributed by atoms with Crippen LogP contribution < -0.4 is 9.62 Å². The molecule has 0 bridgehead atoms. The van der Waals surface area contributed by atoms with Gasteiger partial charge in [0.05, 0.1) is 18.0 Å². The van der Waals surface area contributed by atoms with Gasteiger partial charge in [0.1, 0.15) is 6.04 Å². The third-order valence-electron chi connectivity index (χ3n) is 4.98. The van der Waals surface area contributed by atoms with E-state index in [2.05, 4.69) is 11.4 Å². The molecule has 0 heterocycles. The molecule has 0 saturated heterocycles. The summed E-state index contributed by atoms with van der Waals surface area (Å²) in [6, 6.07) is 12.2. The Morgan fingerprint density at radius 1 is 1.07 bits per heavy atom. The number of nitrogens with one attached hydrogen (secondary N) is 1. The van der Waals surface area contributed by atoms with Crippen LogP contribution in [0.5, 0.6) is 0 Å². The first-order chi connectivity index (χ1) is 13.0. The highest BCUT2D eigenvalue weighted by Crippen LogP contribution is 2.24. The Balaban J connectivity index is 2.32. The highest BCUT2D eigenvalue weighted by Gasteiger charge is 2.32. The molecular weight excluding hydrogens is 372 g/mol. The highest BCUT2D eigenvalue weighted by molar-refractivity contribution is 7.92. The van der Waals surface area contributed by atoms with Gasteiger partial charge in [0.25, 0.3) is 0 Å². The highest BCUT2D eigenvalue weighted by atomic mass is 32.2. The minimum Gasteiger partial charge on any atom is -0.348 e. The van der Waals surface area contributed by atoms with E-state index < -0.39 is 16.1 Å². The van der Waals surface area contributed by atoms with Crippen molar-refractivity contribution in [2.75, 3.05) is 10.6 Å². The van der Waals surface area contributed by atoms with Crippen LogP contribution in [0.4, 0.5) is 5.69 Å². The van der Waals surface area contributed by atoms with Crippen molar-refractivity contribution in [2.24, 2.45) is 0 Å². The molecule has 0 aliphatic carbocycles. The van der Waals surface area contributed by atoms with E-state index in [0.29, 0.717) is 12.1 Å². The zero-order valence-corrected chi connectivity index (χ0v) is 18.3. The Hall–Kier alpha value is -2.34. The Morgan fingerprint density at radius 3 is 2.29 bits per heavy atom. The molecule has 0 radical (unpaired) electrons.